The molecule has 0 radical (unpaired) electrons. The van der Waals surface area contributed by atoms with E-state index >= 15 is 0 Å². The number of carbonyl (C=O) groups excluding carboxylic acids is 1. The Balaban J connectivity index is 0. The van der Waals surface area contributed by atoms with E-state index in [1.807, 2.05) is 0 Å². The van der Waals surface area contributed by atoms with Gasteiger partial charge in [0.1, 0.15) is 6.29 Å². The Bertz CT molecular complexity index is 477. The van der Waals surface area contributed by atoms with Crippen molar-refractivity contribution in [1.82, 2.24) is 0 Å². The molecule has 0 bridgehead atoms. The van der Waals surface area contributed by atoms with Gasteiger partial charge in [0.05, 0.1) is 0 Å². The van der Waals surface area contributed by atoms with Crippen molar-refractivity contribution in [2.75, 3.05) is 0 Å². The van der Waals surface area contributed by atoms with Gasteiger partial charge in [0, 0.05) is 12.8 Å². The molecule has 0 amide bonds. The minimum absolute atomic E-state index is 0.294. The van der Waals surface area contributed by atoms with Crippen LogP contribution in [0.1, 0.15) is 142 Å². The summed E-state index contributed by atoms with van der Waals surface area (Å²) in [5.74, 6) is -0.691. The Labute approximate surface area is 205 Å². The summed E-state index contributed by atoms with van der Waals surface area (Å²) in [6.07, 6.45) is 37.1. The summed E-state index contributed by atoms with van der Waals surface area (Å²) in [5, 5.41) is 8.49. The molecule has 3 heteroatoms. The molecule has 1 N–H and O–H groups in total. The quantitative estimate of drug-likeness (QED) is 0.0711. The highest BCUT2D eigenvalue weighted by Crippen LogP contribution is 2.09. The number of aliphatic carboxylic acids is 1. The second-order valence-electron chi connectivity index (χ2n) is 8.80. The van der Waals surface area contributed by atoms with Gasteiger partial charge >= 0.3 is 5.97 Å². The van der Waals surface area contributed by atoms with Crippen molar-refractivity contribution in [1.29, 1.82) is 0 Å². The van der Waals surface area contributed by atoms with Crippen LogP contribution in [-0.4, -0.2) is 17.4 Å². The van der Waals surface area contributed by atoms with Gasteiger partial charge in [-0.25, -0.2) is 0 Å². The average molecular weight is 463 g/mol. The van der Waals surface area contributed by atoms with E-state index in [0.29, 0.717) is 6.42 Å². The summed E-state index contributed by atoms with van der Waals surface area (Å²) in [6, 6.07) is 0. The third-order valence-electron chi connectivity index (χ3n) is 5.46. The molecule has 192 valence electrons. The number of rotatable bonds is 23. The summed E-state index contributed by atoms with van der Waals surface area (Å²) < 4.78 is 0. The maximum atomic E-state index is 10.3. The summed E-state index contributed by atoms with van der Waals surface area (Å²) >= 11 is 0. The van der Waals surface area contributed by atoms with Crippen LogP contribution in [0.25, 0.3) is 0 Å². The first-order valence-corrected chi connectivity index (χ1v) is 13.8. The second-order valence-corrected chi connectivity index (χ2v) is 8.80. The van der Waals surface area contributed by atoms with Crippen LogP contribution in [-0.2, 0) is 9.59 Å². The predicted molar refractivity (Wildman–Crippen MR) is 145 cm³/mol. The lowest BCUT2D eigenvalue weighted by molar-refractivity contribution is -0.137. The van der Waals surface area contributed by atoms with E-state index in [9.17, 15) is 9.59 Å². The molecule has 0 aliphatic rings. The number of carbonyl (C=O) groups is 2. The molecule has 0 aromatic heterocycles. The lowest BCUT2D eigenvalue weighted by Crippen LogP contribution is -1.92. The highest BCUT2D eigenvalue weighted by molar-refractivity contribution is 5.66. The zero-order valence-corrected chi connectivity index (χ0v) is 21.9. The molecular formula is C30H54O3. The number of allylic oxidation sites excluding steroid dienone is 6. The van der Waals surface area contributed by atoms with Crippen LogP contribution in [0.15, 0.2) is 36.5 Å². The van der Waals surface area contributed by atoms with Crippen molar-refractivity contribution in [2.45, 2.75) is 142 Å². The first-order chi connectivity index (χ1) is 16.2. The third kappa shape index (κ3) is 38.0. The minimum Gasteiger partial charge on any atom is -0.481 e. The molecule has 3 nitrogen and oxygen atoms in total. The third-order valence-corrected chi connectivity index (χ3v) is 5.46. The monoisotopic (exact) mass is 462 g/mol. The van der Waals surface area contributed by atoms with Crippen molar-refractivity contribution in [3.05, 3.63) is 36.5 Å². The normalized spacial score (nSPS) is 11.3. The molecule has 33 heavy (non-hydrogen) atoms. The minimum atomic E-state index is -0.691. The van der Waals surface area contributed by atoms with Gasteiger partial charge in [-0.05, 0) is 57.8 Å². The molecule has 0 spiro atoms. The fourth-order valence-electron chi connectivity index (χ4n) is 3.41. The first kappa shape index (κ1) is 33.5. The molecule has 0 aromatic rings. The Kier molecular flexibility index (Phi) is 33.1. The molecule has 0 heterocycles. The summed E-state index contributed by atoms with van der Waals surface area (Å²) in [5.41, 5.74) is 0. The van der Waals surface area contributed by atoms with Crippen LogP contribution < -0.4 is 0 Å². The van der Waals surface area contributed by atoms with E-state index in [1.54, 1.807) is 0 Å². The number of hydrogen-bond donors (Lipinski definition) is 1. The zero-order chi connectivity index (χ0) is 24.7. The molecule has 0 fully saturated rings. The highest BCUT2D eigenvalue weighted by atomic mass is 16.4. The Morgan fingerprint density at radius 2 is 1.03 bits per heavy atom. The highest BCUT2D eigenvalue weighted by Gasteiger charge is 1.94. The maximum Gasteiger partial charge on any atom is 0.303 e. The molecule has 0 aliphatic carbocycles. The molecule has 0 atom stereocenters. The number of aldehydes is 1. The fraction of sp³-hybridized carbons (Fsp3) is 0.733. The van der Waals surface area contributed by atoms with E-state index in [-0.39, 0.29) is 0 Å². The van der Waals surface area contributed by atoms with Crippen molar-refractivity contribution < 1.29 is 14.7 Å². The number of carboxylic acids is 1. The van der Waals surface area contributed by atoms with Crippen molar-refractivity contribution in [2.24, 2.45) is 0 Å². The van der Waals surface area contributed by atoms with E-state index in [1.165, 1.54) is 83.5 Å². The summed E-state index contributed by atoms with van der Waals surface area (Å²) in [6.45, 7) is 4.42. The molecular weight excluding hydrogens is 408 g/mol. The molecule has 0 saturated heterocycles. The van der Waals surface area contributed by atoms with Gasteiger partial charge in [-0.15, -0.1) is 0 Å². The maximum absolute atomic E-state index is 10.3. The van der Waals surface area contributed by atoms with Crippen molar-refractivity contribution in [3.63, 3.8) is 0 Å². The van der Waals surface area contributed by atoms with Gasteiger partial charge in [0.2, 0.25) is 0 Å². The average Bonchev–Trinajstić information content (AvgIpc) is 2.81. The molecule has 0 saturated carbocycles. The number of hydrogen-bond acceptors (Lipinski definition) is 2. The predicted octanol–water partition coefficient (Wildman–Crippen LogP) is 9.77. The van der Waals surface area contributed by atoms with Gasteiger partial charge < -0.3 is 9.90 Å². The zero-order valence-electron chi connectivity index (χ0n) is 21.9. The van der Waals surface area contributed by atoms with Crippen LogP contribution in [0.5, 0.6) is 0 Å². The fourth-order valence-corrected chi connectivity index (χ4v) is 3.41. The van der Waals surface area contributed by atoms with Gasteiger partial charge in [0.15, 0.2) is 0 Å². The summed E-state index contributed by atoms with van der Waals surface area (Å²) in [7, 11) is 0. The van der Waals surface area contributed by atoms with Crippen molar-refractivity contribution >= 4 is 12.3 Å². The van der Waals surface area contributed by atoms with Crippen LogP contribution in [0.3, 0.4) is 0 Å². The smallest absolute Gasteiger partial charge is 0.303 e. The number of carboxylic acid groups (broad SMARTS) is 1. The van der Waals surface area contributed by atoms with Crippen molar-refractivity contribution in [3.8, 4) is 0 Å². The first-order valence-electron chi connectivity index (χ1n) is 13.8. The van der Waals surface area contributed by atoms with E-state index < -0.39 is 5.97 Å². The SMILES string of the molecule is CC/C=C\CCCCCCCC=O.CCCCCCCCC/C=C\C=C\CCCCC(=O)O. The van der Waals surface area contributed by atoms with Crippen LogP contribution in [0.2, 0.25) is 0 Å². The van der Waals surface area contributed by atoms with Crippen LogP contribution in [0, 0.1) is 0 Å². The van der Waals surface area contributed by atoms with Crippen LogP contribution >= 0.6 is 0 Å². The van der Waals surface area contributed by atoms with Gasteiger partial charge in [-0.3, -0.25) is 4.79 Å². The lowest BCUT2D eigenvalue weighted by Gasteiger charge is -1.98. The number of unbranched alkanes of at least 4 members (excludes halogenated alkanes) is 15. The lowest BCUT2D eigenvalue weighted by atomic mass is 10.1. The Morgan fingerprint density at radius 1 is 0.576 bits per heavy atom. The molecule has 0 rings (SSSR count). The van der Waals surface area contributed by atoms with Crippen LogP contribution in [0.4, 0.5) is 0 Å². The van der Waals surface area contributed by atoms with E-state index in [0.717, 1.165) is 44.8 Å². The van der Waals surface area contributed by atoms with Gasteiger partial charge in [-0.2, -0.15) is 0 Å². The van der Waals surface area contributed by atoms with E-state index in [4.69, 9.17) is 5.11 Å². The largest absolute Gasteiger partial charge is 0.481 e. The standard InChI is InChI=1S/C18H32O2.C12H22O/c1-2-3-4-5-6-7-8-9-10-11-12-13-14-15-16-17-18(19)20;1-2-3-4-5-6-7-8-9-10-11-12-13/h10-13H,2-9,14-17H2,1H3,(H,19,20);3-4,12H,2,5-11H2,1H3/b11-10-,13-12+;4-3-. The summed E-state index contributed by atoms with van der Waals surface area (Å²) in [4.78, 5) is 20.3. The Hall–Kier alpha value is -1.64. The van der Waals surface area contributed by atoms with Gasteiger partial charge in [-0.1, -0.05) is 108 Å². The van der Waals surface area contributed by atoms with E-state index in [2.05, 4.69) is 50.3 Å². The second kappa shape index (κ2) is 32.5. The van der Waals surface area contributed by atoms with Gasteiger partial charge in [0.25, 0.3) is 0 Å². The topological polar surface area (TPSA) is 54.4 Å². The Morgan fingerprint density at radius 3 is 1.52 bits per heavy atom. The molecule has 0 aromatic carbocycles. The molecule has 0 aliphatic heterocycles. The molecule has 0 unspecified atom stereocenters.